The summed E-state index contributed by atoms with van der Waals surface area (Å²) in [5, 5.41) is 0. The zero-order valence-corrected chi connectivity index (χ0v) is 18.0. The molecular weight excluding hydrogens is 371 g/mol. The third-order valence-corrected chi connectivity index (χ3v) is 6.57. The molecule has 0 N–H and O–H groups in total. The standard InChI is InChI=1S/C23H33FN2O3/c1-16-6-5-11-26(15-16)18-9-12-25(13-10-18)21(27)19-8-7-17(14-20(19)24)23(2,3)22(28)29-4/h7-8,14,16,18H,5-6,9-13,15H2,1-4H3. The molecule has 1 amide bonds. The summed E-state index contributed by atoms with van der Waals surface area (Å²) in [5.41, 5.74) is -0.406. The van der Waals surface area contributed by atoms with Crippen LogP contribution in [0.4, 0.5) is 4.39 Å². The summed E-state index contributed by atoms with van der Waals surface area (Å²) in [5.74, 6) is -0.554. The van der Waals surface area contributed by atoms with Crippen molar-refractivity contribution in [3.8, 4) is 0 Å². The second-order valence-corrected chi connectivity index (χ2v) is 9.08. The second kappa shape index (κ2) is 8.82. The molecule has 2 aliphatic heterocycles. The Morgan fingerprint density at radius 1 is 1.14 bits per heavy atom. The minimum Gasteiger partial charge on any atom is -0.468 e. The Morgan fingerprint density at radius 2 is 1.83 bits per heavy atom. The Bertz CT molecular complexity index is 756. The highest BCUT2D eigenvalue weighted by Crippen LogP contribution is 2.28. The molecule has 2 saturated heterocycles. The molecule has 2 fully saturated rings. The van der Waals surface area contributed by atoms with Crippen molar-refractivity contribution in [3.05, 3.63) is 35.1 Å². The van der Waals surface area contributed by atoms with Gasteiger partial charge in [0.15, 0.2) is 0 Å². The number of likely N-dealkylation sites (tertiary alicyclic amines) is 2. The average Bonchev–Trinajstić information content (AvgIpc) is 2.72. The zero-order chi connectivity index (χ0) is 21.2. The van der Waals surface area contributed by atoms with Crippen LogP contribution in [0.1, 0.15) is 62.4 Å². The van der Waals surface area contributed by atoms with E-state index in [4.69, 9.17) is 4.74 Å². The number of benzene rings is 1. The number of carbonyl (C=O) groups excluding carboxylic acids is 2. The van der Waals surface area contributed by atoms with Gasteiger partial charge in [-0.15, -0.1) is 0 Å². The fourth-order valence-corrected chi connectivity index (χ4v) is 4.61. The van der Waals surface area contributed by atoms with Crippen LogP contribution in [0.25, 0.3) is 0 Å². The molecule has 0 aliphatic carbocycles. The number of esters is 1. The third kappa shape index (κ3) is 4.63. The molecule has 3 rings (SSSR count). The smallest absolute Gasteiger partial charge is 0.315 e. The highest BCUT2D eigenvalue weighted by molar-refractivity contribution is 5.95. The maximum absolute atomic E-state index is 14.8. The highest BCUT2D eigenvalue weighted by atomic mass is 19.1. The van der Waals surface area contributed by atoms with Gasteiger partial charge in [-0.05, 0) is 69.7 Å². The van der Waals surface area contributed by atoms with Crippen LogP contribution in [0, 0.1) is 11.7 Å². The molecule has 0 spiro atoms. The number of hydrogen-bond donors (Lipinski definition) is 0. The molecule has 6 heteroatoms. The van der Waals surface area contributed by atoms with Gasteiger partial charge in [0.25, 0.3) is 5.91 Å². The lowest BCUT2D eigenvalue weighted by atomic mass is 9.84. The fourth-order valence-electron chi connectivity index (χ4n) is 4.61. The summed E-state index contributed by atoms with van der Waals surface area (Å²) in [4.78, 5) is 29.2. The van der Waals surface area contributed by atoms with Gasteiger partial charge < -0.3 is 9.64 Å². The number of hydrogen-bond acceptors (Lipinski definition) is 4. The van der Waals surface area contributed by atoms with Crippen LogP contribution in [0.15, 0.2) is 18.2 Å². The van der Waals surface area contributed by atoms with Gasteiger partial charge in [-0.25, -0.2) is 4.39 Å². The first-order chi connectivity index (χ1) is 13.7. The molecule has 1 aromatic carbocycles. The van der Waals surface area contributed by atoms with Crippen molar-refractivity contribution in [3.63, 3.8) is 0 Å². The molecule has 2 heterocycles. The Hall–Kier alpha value is -1.95. The lowest BCUT2D eigenvalue weighted by molar-refractivity contribution is -0.146. The monoisotopic (exact) mass is 404 g/mol. The van der Waals surface area contributed by atoms with Gasteiger partial charge in [-0.3, -0.25) is 14.5 Å². The number of amides is 1. The Labute approximate surface area is 173 Å². The van der Waals surface area contributed by atoms with Crippen molar-refractivity contribution in [1.29, 1.82) is 0 Å². The number of piperidine rings is 2. The predicted octanol–water partition coefficient (Wildman–Crippen LogP) is 3.61. The van der Waals surface area contributed by atoms with Crippen LogP contribution in [-0.4, -0.2) is 61.0 Å². The van der Waals surface area contributed by atoms with E-state index >= 15 is 0 Å². The van der Waals surface area contributed by atoms with Crippen molar-refractivity contribution in [2.24, 2.45) is 5.92 Å². The summed E-state index contributed by atoms with van der Waals surface area (Å²) in [7, 11) is 1.31. The summed E-state index contributed by atoms with van der Waals surface area (Å²) in [6.07, 6.45) is 4.43. The Kier molecular flexibility index (Phi) is 6.62. The first-order valence-corrected chi connectivity index (χ1v) is 10.7. The molecule has 160 valence electrons. The molecule has 2 aliphatic rings. The summed E-state index contributed by atoms with van der Waals surface area (Å²) in [6, 6.07) is 4.95. The predicted molar refractivity (Wildman–Crippen MR) is 110 cm³/mol. The van der Waals surface area contributed by atoms with Crippen LogP contribution in [0.5, 0.6) is 0 Å². The minimum absolute atomic E-state index is 0.0689. The van der Waals surface area contributed by atoms with Gasteiger partial charge in [0.05, 0.1) is 18.1 Å². The first-order valence-electron chi connectivity index (χ1n) is 10.7. The van der Waals surface area contributed by atoms with E-state index in [-0.39, 0.29) is 11.5 Å². The van der Waals surface area contributed by atoms with E-state index in [1.54, 1.807) is 24.8 Å². The third-order valence-electron chi connectivity index (χ3n) is 6.57. The molecule has 5 nitrogen and oxygen atoms in total. The Morgan fingerprint density at radius 3 is 2.41 bits per heavy atom. The number of carbonyl (C=O) groups is 2. The lowest BCUT2D eigenvalue weighted by Crippen LogP contribution is -2.49. The summed E-state index contributed by atoms with van der Waals surface area (Å²) < 4.78 is 19.6. The van der Waals surface area contributed by atoms with Gasteiger partial charge in [0.2, 0.25) is 0 Å². The van der Waals surface area contributed by atoms with E-state index < -0.39 is 17.2 Å². The number of rotatable bonds is 4. The van der Waals surface area contributed by atoms with Crippen molar-refractivity contribution in [1.82, 2.24) is 9.80 Å². The van der Waals surface area contributed by atoms with E-state index in [9.17, 15) is 14.0 Å². The quantitative estimate of drug-likeness (QED) is 0.720. The molecule has 1 atom stereocenters. The van der Waals surface area contributed by atoms with E-state index in [2.05, 4.69) is 11.8 Å². The molecule has 29 heavy (non-hydrogen) atoms. The van der Waals surface area contributed by atoms with E-state index in [1.165, 1.54) is 32.1 Å². The van der Waals surface area contributed by atoms with Crippen LogP contribution < -0.4 is 0 Å². The molecule has 0 aromatic heterocycles. The van der Waals surface area contributed by atoms with Crippen molar-refractivity contribution < 1.29 is 18.7 Å². The largest absolute Gasteiger partial charge is 0.468 e. The number of methoxy groups -OCH3 is 1. The van der Waals surface area contributed by atoms with E-state index in [0.29, 0.717) is 24.7 Å². The van der Waals surface area contributed by atoms with Gasteiger partial charge in [0, 0.05) is 25.7 Å². The topological polar surface area (TPSA) is 49.9 Å². The van der Waals surface area contributed by atoms with Gasteiger partial charge in [-0.1, -0.05) is 13.0 Å². The molecule has 1 aromatic rings. The molecular formula is C23H33FN2O3. The van der Waals surface area contributed by atoms with Crippen LogP contribution in [-0.2, 0) is 14.9 Å². The molecule has 0 saturated carbocycles. The molecule has 0 radical (unpaired) electrons. The van der Waals surface area contributed by atoms with Gasteiger partial charge >= 0.3 is 5.97 Å². The van der Waals surface area contributed by atoms with Crippen LogP contribution in [0.2, 0.25) is 0 Å². The first kappa shape index (κ1) is 21.8. The highest BCUT2D eigenvalue weighted by Gasteiger charge is 2.33. The van der Waals surface area contributed by atoms with Crippen molar-refractivity contribution in [2.45, 2.75) is 57.9 Å². The van der Waals surface area contributed by atoms with Crippen LogP contribution >= 0.6 is 0 Å². The van der Waals surface area contributed by atoms with E-state index in [1.807, 2.05) is 0 Å². The van der Waals surface area contributed by atoms with Gasteiger partial charge in [-0.2, -0.15) is 0 Å². The number of nitrogens with zero attached hydrogens (tertiary/aromatic N) is 2. The lowest BCUT2D eigenvalue weighted by Gasteiger charge is -2.41. The second-order valence-electron chi connectivity index (χ2n) is 9.08. The van der Waals surface area contributed by atoms with Crippen molar-refractivity contribution >= 4 is 11.9 Å². The van der Waals surface area contributed by atoms with Crippen molar-refractivity contribution in [2.75, 3.05) is 33.3 Å². The van der Waals surface area contributed by atoms with E-state index in [0.717, 1.165) is 31.8 Å². The normalized spacial score (nSPS) is 21.8. The molecule has 0 bridgehead atoms. The SMILES string of the molecule is COC(=O)C(C)(C)c1ccc(C(=O)N2CCC(N3CCCC(C)C3)CC2)c(F)c1. The minimum atomic E-state index is -0.971. The summed E-state index contributed by atoms with van der Waals surface area (Å²) in [6.45, 7) is 9.27. The maximum atomic E-state index is 14.8. The number of ether oxygens (including phenoxy) is 1. The average molecular weight is 405 g/mol. The Balaban J connectivity index is 1.65. The fraction of sp³-hybridized carbons (Fsp3) is 0.652. The molecule has 1 unspecified atom stereocenters. The number of halogens is 1. The van der Waals surface area contributed by atoms with Crippen LogP contribution in [0.3, 0.4) is 0 Å². The van der Waals surface area contributed by atoms with Gasteiger partial charge in [0.1, 0.15) is 5.82 Å². The maximum Gasteiger partial charge on any atom is 0.315 e. The summed E-state index contributed by atoms with van der Waals surface area (Å²) >= 11 is 0. The zero-order valence-electron chi connectivity index (χ0n) is 18.0.